The maximum absolute atomic E-state index is 12.2. The zero-order chi connectivity index (χ0) is 11.8. The summed E-state index contributed by atoms with van der Waals surface area (Å²) < 4.78 is 0. The van der Waals surface area contributed by atoms with E-state index in [1.807, 2.05) is 4.90 Å². The van der Waals surface area contributed by atoms with Crippen LogP contribution in [0.2, 0.25) is 0 Å². The zero-order valence-electron chi connectivity index (χ0n) is 10.9. The molecule has 1 aliphatic rings. The maximum atomic E-state index is 12.2. The van der Waals surface area contributed by atoms with Gasteiger partial charge in [-0.1, -0.05) is 26.7 Å². The molecular formula is C13H26N2O. The average molecular weight is 226 g/mol. The van der Waals surface area contributed by atoms with E-state index < -0.39 is 0 Å². The quantitative estimate of drug-likeness (QED) is 0.682. The SMILES string of the molecule is CCCCN(CCCC)C(=O)N1CCCC1. The van der Waals surface area contributed by atoms with Crippen LogP contribution in [-0.4, -0.2) is 42.0 Å². The van der Waals surface area contributed by atoms with E-state index in [0.29, 0.717) is 0 Å². The lowest BCUT2D eigenvalue weighted by molar-refractivity contribution is 0.161. The molecule has 0 radical (unpaired) electrons. The number of urea groups is 1. The van der Waals surface area contributed by atoms with Crippen molar-refractivity contribution in [2.45, 2.75) is 52.4 Å². The molecule has 0 unspecified atom stereocenters. The highest BCUT2D eigenvalue weighted by atomic mass is 16.2. The second-order valence-corrected chi connectivity index (χ2v) is 4.67. The molecular weight excluding hydrogens is 200 g/mol. The van der Waals surface area contributed by atoms with E-state index in [-0.39, 0.29) is 6.03 Å². The van der Waals surface area contributed by atoms with E-state index in [9.17, 15) is 4.79 Å². The van der Waals surface area contributed by atoms with Crippen LogP contribution in [0.3, 0.4) is 0 Å². The van der Waals surface area contributed by atoms with Crippen LogP contribution in [0.15, 0.2) is 0 Å². The van der Waals surface area contributed by atoms with Crippen molar-refractivity contribution >= 4 is 6.03 Å². The summed E-state index contributed by atoms with van der Waals surface area (Å²) in [6, 6.07) is 0.277. The number of carbonyl (C=O) groups excluding carboxylic acids is 1. The van der Waals surface area contributed by atoms with Crippen molar-refractivity contribution in [3.8, 4) is 0 Å². The highest BCUT2D eigenvalue weighted by molar-refractivity contribution is 5.74. The molecule has 0 aromatic carbocycles. The Morgan fingerprint density at radius 1 is 1.06 bits per heavy atom. The van der Waals surface area contributed by atoms with E-state index in [1.165, 1.54) is 12.8 Å². The minimum atomic E-state index is 0.277. The molecule has 1 fully saturated rings. The van der Waals surface area contributed by atoms with E-state index in [1.54, 1.807) is 0 Å². The van der Waals surface area contributed by atoms with Crippen molar-refractivity contribution in [1.82, 2.24) is 9.80 Å². The monoisotopic (exact) mass is 226 g/mol. The smallest absolute Gasteiger partial charge is 0.319 e. The van der Waals surface area contributed by atoms with Gasteiger partial charge in [-0.2, -0.15) is 0 Å². The van der Waals surface area contributed by atoms with Gasteiger partial charge in [-0.3, -0.25) is 0 Å². The molecule has 3 nitrogen and oxygen atoms in total. The molecule has 3 heteroatoms. The van der Waals surface area contributed by atoms with Crippen LogP contribution in [0.4, 0.5) is 4.79 Å². The number of carbonyl (C=O) groups is 1. The van der Waals surface area contributed by atoms with Gasteiger partial charge in [0.05, 0.1) is 0 Å². The lowest BCUT2D eigenvalue weighted by atomic mass is 10.3. The van der Waals surface area contributed by atoms with Crippen molar-refractivity contribution in [3.05, 3.63) is 0 Å². The minimum Gasteiger partial charge on any atom is -0.325 e. The standard InChI is InChI=1S/C13H26N2O/c1-3-5-9-14(10-6-4-2)13(16)15-11-7-8-12-15/h3-12H2,1-2H3. The molecule has 1 aliphatic heterocycles. The number of amides is 2. The van der Waals surface area contributed by atoms with Gasteiger partial charge in [-0.15, -0.1) is 0 Å². The van der Waals surface area contributed by atoms with Crippen LogP contribution in [0.5, 0.6) is 0 Å². The van der Waals surface area contributed by atoms with Gasteiger partial charge in [0.2, 0.25) is 0 Å². The van der Waals surface area contributed by atoms with Crippen LogP contribution < -0.4 is 0 Å². The van der Waals surface area contributed by atoms with Gasteiger partial charge in [0, 0.05) is 26.2 Å². The first kappa shape index (κ1) is 13.3. The second kappa shape index (κ2) is 7.53. The number of rotatable bonds is 6. The van der Waals surface area contributed by atoms with E-state index in [0.717, 1.165) is 51.9 Å². The van der Waals surface area contributed by atoms with Crippen molar-refractivity contribution < 1.29 is 4.79 Å². The van der Waals surface area contributed by atoms with Gasteiger partial charge in [-0.25, -0.2) is 4.79 Å². The van der Waals surface area contributed by atoms with Gasteiger partial charge < -0.3 is 9.80 Å². The molecule has 0 saturated carbocycles. The topological polar surface area (TPSA) is 23.6 Å². The Balaban J connectivity index is 2.41. The molecule has 0 aromatic rings. The van der Waals surface area contributed by atoms with Gasteiger partial charge >= 0.3 is 6.03 Å². The molecule has 94 valence electrons. The fourth-order valence-corrected chi connectivity index (χ4v) is 2.11. The fraction of sp³-hybridized carbons (Fsp3) is 0.923. The highest BCUT2D eigenvalue weighted by Gasteiger charge is 2.22. The Bertz CT molecular complexity index is 192. The van der Waals surface area contributed by atoms with E-state index in [2.05, 4.69) is 18.7 Å². The summed E-state index contributed by atoms with van der Waals surface area (Å²) in [5.41, 5.74) is 0. The third-order valence-corrected chi connectivity index (χ3v) is 3.21. The lowest BCUT2D eigenvalue weighted by Crippen LogP contribution is -2.42. The Hall–Kier alpha value is -0.730. The predicted molar refractivity (Wildman–Crippen MR) is 67.6 cm³/mol. The Morgan fingerprint density at radius 2 is 1.56 bits per heavy atom. The zero-order valence-corrected chi connectivity index (χ0v) is 10.9. The van der Waals surface area contributed by atoms with Crippen molar-refractivity contribution in [3.63, 3.8) is 0 Å². The summed E-state index contributed by atoms with van der Waals surface area (Å²) in [4.78, 5) is 16.3. The molecule has 16 heavy (non-hydrogen) atoms. The minimum absolute atomic E-state index is 0.277. The molecule has 0 spiro atoms. The first-order valence-electron chi connectivity index (χ1n) is 6.83. The van der Waals surface area contributed by atoms with Crippen LogP contribution in [0.25, 0.3) is 0 Å². The first-order valence-corrected chi connectivity index (χ1v) is 6.83. The molecule has 0 bridgehead atoms. The summed E-state index contributed by atoms with van der Waals surface area (Å²) in [5, 5.41) is 0. The van der Waals surface area contributed by atoms with Crippen LogP contribution in [-0.2, 0) is 0 Å². The highest BCUT2D eigenvalue weighted by Crippen LogP contribution is 2.12. The molecule has 1 rings (SSSR count). The summed E-state index contributed by atoms with van der Waals surface area (Å²) in [7, 11) is 0. The normalized spacial score (nSPS) is 15.5. The number of hydrogen-bond donors (Lipinski definition) is 0. The number of unbranched alkanes of at least 4 members (excludes halogenated alkanes) is 2. The molecule has 1 saturated heterocycles. The first-order chi connectivity index (χ1) is 7.79. The Morgan fingerprint density at radius 3 is 2.00 bits per heavy atom. The Labute approximate surface area is 99.8 Å². The third-order valence-electron chi connectivity index (χ3n) is 3.21. The predicted octanol–water partition coefficient (Wildman–Crippen LogP) is 3.10. The van der Waals surface area contributed by atoms with Crippen molar-refractivity contribution in [2.75, 3.05) is 26.2 Å². The molecule has 0 aliphatic carbocycles. The second-order valence-electron chi connectivity index (χ2n) is 4.67. The lowest BCUT2D eigenvalue weighted by Gasteiger charge is -2.27. The van der Waals surface area contributed by atoms with Crippen molar-refractivity contribution in [1.29, 1.82) is 0 Å². The summed E-state index contributed by atoms with van der Waals surface area (Å²) >= 11 is 0. The molecule has 1 heterocycles. The number of nitrogens with zero attached hydrogens (tertiary/aromatic N) is 2. The van der Waals surface area contributed by atoms with Gasteiger partial charge in [-0.05, 0) is 25.7 Å². The van der Waals surface area contributed by atoms with Gasteiger partial charge in [0.15, 0.2) is 0 Å². The van der Waals surface area contributed by atoms with E-state index in [4.69, 9.17) is 0 Å². The van der Waals surface area contributed by atoms with Crippen LogP contribution >= 0.6 is 0 Å². The van der Waals surface area contributed by atoms with Gasteiger partial charge in [0.1, 0.15) is 0 Å². The fourth-order valence-electron chi connectivity index (χ4n) is 2.11. The maximum Gasteiger partial charge on any atom is 0.319 e. The molecule has 0 N–H and O–H groups in total. The third kappa shape index (κ3) is 4.03. The van der Waals surface area contributed by atoms with Crippen LogP contribution in [0.1, 0.15) is 52.4 Å². The summed E-state index contributed by atoms with van der Waals surface area (Å²) in [6.07, 6.45) is 6.95. The van der Waals surface area contributed by atoms with E-state index >= 15 is 0 Å². The summed E-state index contributed by atoms with van der Waals surface area (Å²) in [5.74, 6) is 0. The molecule has 0 atom stereocenters. The molecule has 0 aromatic heterocycles. The van der Waals surface area contributed by atoms with Crippen molar-refractivity contribution in [2.24, 2.45) is 0 Å². The number of hydrogen-bond acceptors (Lipinski definition) is 1. The number of likely N-dealkylation sites (tertiary alicyclic amines) is 1. The van der Waals surface area contributed by atoms with Crippen LogP contribution in [0, 0.1) is 0 Å². The van der Waals surface area contributed by atoms with Gasteiger partial charge in [0.25, 0.3) is 0 Å². The largest absolute Gasteiger partial charge is 0.325 e. The Kier molecular flexibility index (Phi) is 6.27. The summed E-state index contributed by atoms with van der Waals surface area (Å²) in [6.45, 7) is 8.16. The average Bonchev–Trinajstić information content (AvgIpc) is 2.82. The molecule has 2 amide bonds.